The highest BCUT2D eigenvalue weighted by Crippen LogP contribution is 2.47. The minimum Gasteiger partial charge on any atom is -0.306 e. The molecule has 1 rings (SSSR count). The highest BCUT2D eigenvalue weighted by atomic mass is 15.1. The van der Waals surface area contributed by atoms with Gasteiger partial charge in [-0.2, -0.15) is 0 Å². The number of hydrogen-bond acceptors (Lipinski definition) is 1. The second kappa shape index (κ2) is 5.69. The van der Waals surface area contributed by atoms with E-state index in [9.17, 15) is 0 Å². The molecule has 1 heteroatoms. The molecule has 0 amide bonds. The fourth-order valence-corrected chi connectivity index (χ4v) is 3.52. The van der Waals surface area contributed by atoms with Crippen LogP contribution in [0.4, 0.5) is 0 Å². The molecule has 2 atom stereocenters. The topological polar surface area (TPSA) is 3.24 Å². The van der Waals surface area contributed by atoms with Crippen molar-refractivity contribution in [3.8, 4) is 0 Å². The van der Waals surface area contributed by atoms with Gasteiger partial charge < -0.3 is 4.90 Å². The third-order valence-electron chi connectivity index (χ3n) is 4.08. The average molecular weight is 209 g/mol. The Morgan fingerprint density at radius 3 is 2.67 bits per heavy atom. The molecule has 2 unspecified atom stereocenters. The summed E-state index contributed by atoms with van der Waals surface area (Å²) < 4.78 is 0. The molecular weight excluding hydrogens is 182 g/mol. The Labute approximate surface area is 95.5 Å². The molecule has 15 heavy (non-hydrogen) atoms. The van der Waals surface area contributed by atoms with Crippen LogP contribution in [0.25, 0.3) is 0 Å². The lowest BCUT2D eigenvalue weighted by atomic mass is 9.74. The Bertz CT molecular complexity index is 198. The van der Waals surface area contributed by atoms with Crippen LogP contribution in [0, 0.1) is 5.41 Å². The molecular formula is C14H27N. The molecule has 0 radical (unpaired) electrons. The maximum absolute atomic E-state index is 3.87. The van der Waals surface area contributed by atoms with E-state index in [1.165, 1.54) is 44.9 Å². The lowest BCUT2D eigenvalue weighted by molar-refractivity contribution is 0.111. The summed E-state index contributed by atoms with van der Waals surface area (Å²) in [5, 5.41) is 0. The van der Waals surface area contributed by atoms with Crippen molar-refractivity contribution in [2.75, 3.05) is 14.1 Å². The fraction of sp³-hybridized carbons (Fsp3) is 0.857. The van der Waals surface area contributed by atoms with Crippen LogP contribution in [-0.2, 0) is 0 Å². The maximum Gasteiger partial charge on any atom is 0.0146 e. The summed E-state index contributed by atoms with van der Waals surface area (Å²) in [6.45, 7) is 6.19. The fourth-order valence-electron chi connectivity index (χ4n) is 3.52. The van der Waals surface area contributed by atoms with Gasteiger partial charge in [-0.05, 0) is 51.6 Å². The Hall–Kier alpha value is -0.300. The average Bonchev–Trinajstić information content (AvgIpc) is 2.60. The van der Waals surface area contributed by atoms with Crippen LogP contribution in [0.15, 0.2) is 12.7 Å². The van der Waals surface area contributed by atoms with Gasteiger partial charge in [-0.3, -0.25) is 0 Å². The van der Waals surface area contributed by atoms with Gasteiger partial charge in [0.15, 0.2) is 0 Å². The van der Waals surface area contributed by atoms with Gasteiger partial charge in [0.25, 0.3) is 0 Å². The van der Waals surface area contributed by atoms with E-state index < -0.39 is 0 Å². The van der Waals surface area contributed by atoms with E-state index in [-0.39, 0.29) is 0 Å². The molecule has 1 saturated carbocycles. The number of rotatable bonds is 6. The van der Waals surface area contributed by atoms with Crippen molar-refractivity contribution < 1.29 is 0 Å². The first kappa shape index (κ1) is 12.8. The monoisotopic (exact) mass is 209 g/mol. The third-order valence-corrected chi connectivity index (χ3v) is 4.08. The second-order valence-electron chi connectivity index (χ2n) is 5.31. The van der Waals surface area contributed by atoms with Gasteiger partial charge in [0.05, 0.1) is 0 Å². The molecule has 88 valence electrons. The number of hydrogen-bond donors (Lipinski definition) is 0. The van der Waals surface area contributed by atoms with Crippen molar-refractivity contribution in [3.05, 3.63) is 12.7 Å². The SMILES string of the molecule is C=CCCC1(CCC)CCCC1N(C)C. The quantitative estimate of drug-likeness (QED) is 0.601. The highest BCUT2D eigenvalue weighted by Gasteiger charge is 2.42. The standard InChI is InChI=1S/C14H27N/c1-5-7-11-14(10-6-2)12-8-9-13(14)15(3)4/h5,13H,1,6-12H2,2-4H3. The van der Waals surface area contributed by atoms with Crippen LogP contribution in [0.2, 0.25) is 0 Å². The molecule has 0 spiro atoms. The van der Waals surface area contributed by atoms with E-state index in [1.807, 2.05) is 0 Å². The van der Waals surface area contributed by atoms with E-state index in [4.69, 9.17) is 0 Å². The summed E-state index contributed by atoms with van der Waals surface area (Å²) in [6, 6.07) is 0.803. The third kappa shape index (κ3) is 2.84. The molecule has 0 aromatic carbocycles. The normalized spacial score (nSPS) is 31.1. The van der Waals surface area contributed by atoms with Crippen molar-refractivity contribution >= 4 is 0 Å². The van der Waals surface area contributed by atoms with Crippen molar-refractivity contribution in [1.82, 2.24) is 4.90 Å². The van der Waals surface area contributed by atoms with Gasteiger partial charge in [-0.15, -0.1) is 6.58 Å². The molecule has 0 bridgehead atoms. The predicted molar refractivity (Wildman–Crippen MR) is 68.1 cm³/mol. The summed E-state index contributed by atoms with van der Waals surface area (Å²) in [6.07, 6.45) is 11.6. The highest BCUT2D eigenvalue weighted by molar-refractivity contribution is 4.97. The van der Waals surface area contributed by atoms with Crippen LogP contribution in [0.5, 0.6) is 0 Å². The van der Waals surface area contributed by atoms with E-state index in [0.717, 1.165) is 6.04 Å². The molecule has 0 heterocycles. The summed E-state index contributed by atoms with van der Waals surface area (Å²) in [4.78, 5) is 2.45. The molecule has 0 saturated heterocycles. The van der Waals surface area contributed by atoms with Gasteiger partial charge in [-0.25, -0.2) is 0 Å². The first-order valence-corrected chi connectivity index (χ1v) is 6.43. The zero-order chi connectivity index (χ0) is 11.3. The summed E-state index contributed by atoms with van der Waals surface area (Å²) in [5.41, 5.74) is 0.590. The van der Waals surface area contributed by atoms with Gasteiger partial charge in [0.1, 0.15) is 0 Å². The summed E-state index contributed by atoms with van der Waals surface area (Å²) >= 11 is 0. The van der Waals surface area contributed by atoms with Crippen molar-refractivity contribution in [1.29, 1.82) is 0 Å². The van der Waals surface area contributed by atoms with Gasteiger partial charge in [0, 0.05) is 6.04 Å². The Morgan fingerprint density at radius 1 is 1.40 bits per heavy atom. The number of allylic oxidation sites excluding steroid dienone is 1. The molecule has 0 N–H and O–H groups in total. The van der Waals surface area contributed by atoms with E-state index in [2.05, 4.69) is 38.6 Å². The van der Waals surface area contributed by atoms with E-state index in [1.54, 1.807) is 0 Å². The zero-order valence-electron chi connectivity index (χ0n) is 10.8. The summed E-state index contributed by atoms with van der Waals surface area (Å²) in [7, 11) is 4.49. The first-order chi connectivity index (χ1) is 7.16. The lowest BCUT2D eigenvalue weighted by Gasteiger charge is -2.39. The minimum atomic E-state index is 0.590. The summed E-state index contributed by atoms with van der Waals surface area (Å²) in [5.74, 6) is 0. The van der Waals surface area contributed by atoms with Crippen LogP contribution in [0.1, 0.15) is 51.9 Å². The van der Waals surface area contributed by atoms with Gasteiger partial charge in [-0.1, -0.05) is 25.8 Å². The van der Waals surface area contributed by atoms with Crippen LogP contribution in [-0.4, -0.2) is 25.0 Å². The van der Waals surface area contributed by atoms with Crippen molar-refractivity contribution in [2.24, 2.45) is 5.41 Å². The number of nitrogens with zero attached hydrogens (tertiary/aromatic N) is 1. The molecule has 0 aromatic heterocycles. The van der Waals surface area contributed by atoms with Crippen molar-refractivity contribution in [2.45, 2.75) is 57.9 Å². The molecule has 0 aromatic rings. The van der Waals surface area contributed by atoms with Crippen LogP contribution >= 0.6 is 0 Å². The minimum absolute atomic E-state index is 0.590. The molecule has 1 aliphatic rings. The Morgan fingerprint density at radius 2 is 2.13 bits per heavy atom. The van der Waals surface area contributed by atoms with E-state index >= 15 is 0 Å². The van der Waals surface area contributed by atoms with Crippen molar-refractivity contribution in [3.63, 3.8) is 0 Å². The largest absolute Gasteiger partial charge is 0.306 e. The Balaban J connectivity index is 2.72. The molecule has 1 fully saturated rings. The predicted octanol–water partition coefficient (Wildman–Crippen LogP) is 3.85. The van der Waals surface area contributed by atoms with Crippen LogP contribution in [0.3, 0.4) is 0 Å². The molecule has 1 aliphatic carbocycles. The molecule has 1 nitrogen and oxygen atoms in total. The molecule has 0 aliphatic heterocycles. The smallest absolute Gasteiger partial charge is 0.0146 e. The van der Waals surface area contributed by atoms with E-state index in [0.29, 0.717) is 5.41 Å². The maximum atomic E-state index is 3.87. The van der Waals surface area contributed by atoms with Gasteiger partial charge in [0.2, 0.25) is 0 Å². The first-order valence-electron chi connectivity index (χ1n) is 6.43. The Kier molecular flexibility index (Phi) is 4.85. The van der Waals surface area contributed by atoms with Gasteiger partial charge >= 0.3 is 0 Å². The second-order valence-corrected chi connectivity index (χ2v) is 5.31. The lowest BCUT2D eigenvalue weighted by Crippen LogP contribution is -2.40. The zero-order valence-corrected chi connectivity index (χ0v) is 10.8. The van der Waals surface area contributed by atoms with Crippen LogP contribution < -0.4 is 0 Å².